The first-order chi connectivity index (χ1) is 16.4. The Balaban J connectivity index is 1.45. The van der Waals surface area contributed by atoms with Gasteiger partial charge in [-0.2, -0.15) is 0 Å². The van der Waals surface area contributed by atoms with E-state index in [0.717, 1.165) is 28.2 Å². The number of benzene rings is 3. The summed E-state index contributed by atoms with van der Waals surface area (Å²) in [6, 6.07) is 27.5. The third-order valence-corrected chi connectivity index (χ3v) is 8.42. The van der Waals surface area contributed by atoms with Crippen LogP contribution in [0.3, 0.4) is 0 Å². The van der Waals surface area contributed by atoms with Crippen LogP contribution >= 0.6 is 0 Å². The topological polar surface area (TPSA) is 0 Å². The van der Waals surface area contributed by atoms with Gasteiger partial charge in [0.25, 0.3) is 0 Å². The van der Waals surface area contributed by atoms with Gasteiger partial charge in [0.1, 0.15) is 0 Å². The molecule has 0 N–H and O–H groups in total. The van der Waals surface area contributed by atoms with Crippen molar-refractivity contribution in [3.05, 3.63) is 107 Å². The molecule has 0 heterocycles. The minimum atomic E-state index is 0.274. The Morgan fingerprint density at radius 2 is 1.03 bits per heavy atom. The van der Waals surface area contributed by atoms with Gasteiger partial charge in [-0.15, -0.1) is 0 Å². The summed E-state index contributed by atoms with van der Waals surface area (Å²) in [6.45, 7) is 5.11. The zero-order valence-corrected chi connectivity index (χ0v) is 20.3. The maximum absolute atomic E-state index is 3.47. The van der Waals surface area contributed by atoms with E-state index in [-0.39, 0.29) is 5.41 Å². The summed E-state index contributed by atoms with van der Waals surface area (Å²) in [5, 5.41) is 0. The lowest BCUT2D eigenvalue weighted by atomic mass is 9.39. The fourth-order valence-electron chi connectivity index (χ4n) is 8.18. The zero-order chi connectivity index (χ0) is 23.2. The monoisotopic (exact) mass is 440 g/mol. The molecule has 0 spiro atoms. The van der Waals surface area contributed by atoms with Crippen LogP contribution in [0.1, 0.15) is 80.2 Å². The van der Waals surface area contributed by atoms with Crippen LogP contribution in [0.15, 0.2) is 78.9 Å². The van der Waals surface area contributed by atoms with Gasteiger partial charge in [0, 0.05) is 22.3 Å². The van der Waals surface area contributed by atoms with Crippen molar-refractivity contribution in [3.8, 4) is 23.7 Å². The van der Waals surface area contributed by atoms with E-state index in [1.54, 1.807) is 0 Å². The molecule has 4 aliphatic carbocycles. The van der Waals surface area contributed by atoms with Gasteiger partial charge in [-0.25, -0.2) is 0 Å². The molecule has 0 radical (unpaired) electrons. The van der Waals surface area contributed by atoms with Crippen molar-refractivity contribution in [2.45, 2.75) is 57.8 Å². The predicted molar refractivity (Wildman–Crippen MR) is 140 cm³/mol. The second kappa shape index (κ2) is 7.93. The lowest BCUT2D eigenvalue weighted by Crippen LogP contribution is -2.56. The molecular formula is C34H32. The fourth-order valence-corrected chi connectivity index (χ4v) is 8.18. The Morgan fingerprint density at radius 3 is 1.50 bits per heavy atom. The fraction of sp³-hybridized carbons (Fsp3) is 0.353. The molecule has 7 rings (SSSR count). The summed E-state index contributed by atoms with van der Waals surface area (Å²) in [6.07, 6.45) is 8.18. The molecule has 168 valence electrons. The van der Waals surface area contributed by atoms with E-state index in [2.05, 4.69) is 80.0 Å². The Morgan fingerprint density at radius 1 is 0.559 bits per heavy atom. The Labute approximate surface area is 204 Å². The van der Waals surface area contributed by atoms with Gasteiger partial charge in [-0.1, -0.05) is 73.9 Å². The maximum Gasteiger partial charge on any atom is 0.0264 e. The number of hydrogen-bond donors (Lipinski definition) is 0. The number of rotatable bonds is 1. The molecule has 4 fully saturated rings. The van der Waals surface area contributed by atoms with Crippen molar-refractivity contribution >= 4 is 0 Å². The van der Waals surface area contributed by atoms with Crippen LogP contribution in [-0.2, 0) is 5.41 Å². The SMILES string of the molecule is CC12CC3CC(C)(C1)CC(c1cc(C#Cc4ccccc4)cc(C#Cc4ccccc4)c1)(C3)C2. The van der Waals surface area contributed by atoms with E-state index in [9.17, 15) is 0 Å². The molecule has 3 aromatic rings. The van der Waals surface area contributed by atoms with Gasteiger partial charge in [-0.05, 0) is 109 Å². The van der Waals surface area contributed by atoms with Crippen LogP contribution in [0.5, 0.6) is 0 Å². The standard InChI is InChI=1S/C34H32/c1-32-20-30-21-33(2,23-32)25-34(22-30,24-32)31-18-28(15-13-26-9-5-3-6-10-26)17-29(19-31)16-14-27-11-7-4-8-12-27/h3-12,17-19,30H,20-25H2,1-2H3. The van der Waals surface area contributed by atoms with E-state index in [0.29, 0.717) is 10.8 Å². The Hall–Kier alpha value is -3.22. The summed E-state index contributed by atoms with van der Waals surface area (Å²) < 4.78 is 0. The van der Waals surface area contributed by atoms with Gasteiger partial charge in [0.2, 0.25) is 0 Å². The first-order valence-electron chi connectivity index (χ1n) is 12.7. The second-order valence-corrected chi connectivity index (χ2v) is 11.9. The molecule has 4 saturated carbocycles. The van der Waals surface area contributed by atoms with Crippen molar-refractivity contribution in [3.63, 3.8) is 0 Å². The van der Waals surface area contributed by atoms with Gasteiger partial charge in [-0.3, -0.25) is 0 Å². The van der Waals surface area contributed by atoms with E-state index >= 15 is 0 Å². The third kappa shape index (κ3) is 4.08. The molecule has 2 unspecified atom stereocenters. The maximum atomic E-state index is 3.47. The molecule has 0 aliphatic heterocycles. The minimum absolute atomic E-state index is 0.274. The highest BCUT2D eigenvalue weighted by Crippen LogP contribution is 2.69. The van der Waals surface area contributed by atoms with Crippen LogP contribution < -0.4 is 0 Å². The molecular weight excluding hydrogens is 408 g/mol. The molecule has 34 heavy (non-hydrogen) atoms. The zero-order valence-electron chi connectivity index (χ0n) is 20.3. The Kier molecular flexibility index (Phi) is 4.97. The molecule has 4 bridgehead atoms. The summed E-state index contributed by atoms with van der Waals surface area (Å²) in [5.41, 5.74) is 7.00. The van der Waals surface area contributed by atoms with Crippen LogP contribution in [0, 0.1) is 40.4 Å². The van der Waals surface area contributed by atoms with Crippen molar-refractivity contribution < 1.29 is 0 Å². The highest BCUT2D eigenvalue weighted by molar-refractivity contribution is 5.53. The van der Waals surface area contributed by atoms with Gasteiger partial charge in [0.15, 0.2) is 0 Å². The van der Waals surface area contributed by atoms with Gasteiger partial charge >= 0.3 is 0 Å². The molecule has 0 heteroatoms. The van der Waals surface area contributed by atoms with Crippen molar-refractivity contribution in [2.24, 2.45) is 16.7 Å². The third-order valence-electron chi connectivity index (χ3n) is 8.42. The molecule has 0 nitrogen and oxygen atoms in total. The molecule has 4 aliphatic rings. The van der Waals surface area contributed by atoms with Crippen molar-refractivity contribution in [2.75, 3.05) is 0 Å². The van der Waals surface area contributed by atoms with Crippen LogP contribution in [0.4, 0.5) is 0 Å². The highest BCUT2D eigenvalue weighted by Gasteiger charge is 2.60. The quantitative estimate of drug-likeness (QED) is 0.340. The molecule has 3 aromatic carbocycles. The molecule has 2 atom stereocenters. The average molecular weight is 441 g/mol. The van der Waals surface area contributed by atoms with E-state index < -0.39 is 0 Å². The van der Waals surface area contributed by atoms with Gasteiger partial charge in [0.05, 0.1) is 0 Å². The van der Waals surface area contributed by atoms with Crippen LogP contribution in [-0.4, -0.2) is 0 Å². The average Bonchev–Trinajstić information content (AvgIpc) is 2.80. The lowest BCUT2D eigenvalue weighted by Gasteiger charge is -2.65. The van der Waals surface area contributed by atoms with Crippen molar-refractivity contribution in [1.29, 1.82) is 0 Å². The Bertz CT molecular complexity index is 1250. The normalized spacial score (nSPS) is 30.7. The molecule has 0 saturated heterocycles. The first kappa shape index (κ1) is 21.3. The molecule has 0 amide bonds. The van der Waals surface area contributed by atoms with Gasteiger partial charge < -0.3 is 0 Å². The second-order valence-electron chi connectivity index (χ2n) is 11.9. The highest BCUT2D eigenvalue weighted by atomic mass is 14.6. The molecule has 0 aromatic heterocycles. The first-order valence-corrected chi connectivity index (χ1v) is 12.7. The van der Waals surface area contributed by atoms with Crippen LogP contribution in [0.25, 0.3) is 0 Å². The largest absolute Gasteiger partial charge is 0.0622 e. The summed E-state index contributed by atoms with van der Waals surface area (Å²) in [4.78, 5) is 0. The van der Waals surface area contributed by atoms with Crippen LogP contribution in [0.2, 0.25) is 0 Å². The van der Waals surface area contributed by atoms with E-state index in [4.69, 9.17) is 0 Å². The minimum Gasteiger partial charge on any atom is -0.0622 e. The number of hydrogen-bond acceptors (Lipinski definition) is 0. The van der Waals surface area contributed by atoms with E-state index in [1.165, 1.54) is 44.1 Å². The summed E-state index contributed by atoms with van der Waals surface area (Å²) in [5.74, 6) is 14.6. The summed E-state index contributed by atoms with van der Waals surface area (Å²) in [7, 11) is 0. The summed E-state index contributed by atoms with van der Waals surface area (Å²) >= 11 is 0. The smallest absolute Gasteiger partial charge is 0.0264 e. The van der Waals surface area contributed by atoms with Crippen molar-refractivity contribution in [1.82, 2.24) is 0 Å². The van der Waals surface area contributed by atoms with E-state index in [1.807, 2.05) is 36.4 Å². The lowest BCUT2D eigenvalue weighted by molar-refractivity contribution is -0.110. The predicted octanol–water partition coefficient (Wildman–Crippen LogP) is 7.73.